The number of rotatable bonds is 6. The highest BCUT2D eigenvalue weighted by molar-refractivity contribution is 5.03. The average molecular weight is 215 g/mol. The largest absolute Gasteiger partial charge is 0.449 e. The third kappa shape index (κ3) is 3.17. The van der Waals surface area contributed by atoms with E-state index in [-0.39, 0.29) is 6.08 Å². The molecular weight excluding hydrogens is 198 g/mol. The molecule has 0 spiro atoms. The summed E-state index contributed by atoms with van der Waals surface area (Å²) in [6.07, 6.45) is 0.140. The highest BCUT2D eigenvalue weighted by Crippen LogP contribution is 2.17. The number of nitrogens with two attached hydrogens (primary N) is 1. The maximum absolute atomic E-state index is 5.97. The Morgan fingerprint density at radius 2 is 2.13 bits per heavy atom. The minimum atomic E-state index is -0.755. The van der Waals surface area contributed by atoms with E-state index >= 15 is 0 Å². The van der Waals surface area contributed by atoms with Crippen LogP contribution in [0.4, 0.5) is 0 Å². The lowest BCUT2D eigenvalue weighted by atomic mass is 10.1. The molecule has 0 saturated heterocycles. The number of aromatic nitrogens is 2. The minimum absolute atomic E-state index is 0.140. The molecule has 86 valence electrons. The first-order valence-corrected chi connectivity index (χ1v) is 4.93. The predicted octanol–water partition coefficient (Wildman–Crippen LogP) is 0.679. The van der Waals surface area contributed by atoms with Crippen LogP contribution in [0.25, 0.3) is 0 Å². The highest BCUT2D eigenvalue weighted by atomic mass is 16.6. The van der Waals surface area contributed by atoms with Gasteiger partial charge in [0.15, 0.2) is 5.82 Å². The molecule has 1 heterocycles. The van der Waals surface area contributed by atoms with Crippen molar-refractivity contribution in [3.8, 4) is 6.08 Å². The van der Waals surface area contributed by atoms with E-state index in [4.69, 9.17) is 19.7 Å². The van der Waals surface area contributed by atoms with Crippen molar-refractivity contribution >= 4 is 0 Å². The Kier molecular flexibility index (Phi) is 4.05. The fourth-order valence-electron chi connectivity index (χ4n) is 1.00. The van der Waals surface area contributed by atoms with Gasteiger partial charge in [0.25, 0.3) is 0 Å². The molecule has 1 aromatic heterocycles. The van der Waals surface area contributed by atoms with E-state index in [1.54, 1.807) is 6.92 Å². The number of ether oxygens (including phenoxy) is 2. The second-order valence-corrected chi connectivity index (χ2v) is 3.37. The first kappa shape index (κ1) is 11.9. The van der Waals surface area contributed by atoms with Crippen LogP contribution in [-0.2, 0) is 10.3 Å². The van der Waals surface area contributed by atoms with Gasteiger partial charge in [-0.15, -0.1) is 0 Å². The zero-order valence-electron chi connectivity index (χ0n) is 9.32. The van der Waals surface area contributed by atoms with Crippen LogP contribution in [0, 0.1) is 0 Å². The van der Waals surface area contributed by atoms with Crippen LogP contribution in [0.15, 0.2) is 4.52 Å². The molecule has 15 heavy (non-hydrogen) atoms. The van der Waals surface area contributed by atoms with E-state index in [0.29, 0.717) is 25.6 Å². The average Bonchev–Trinajstić information content (AvgIpc) is 2.65. The van der Waals surface area contributed by atoms with Crippen molar-refractivity contribution in [2.24, 2.45) is 5.73 Å². The first-order valence-electron chi connectivity index (χ1n) is 4.93. The standard InChI is InChI=1S/C9H17N3O3/c1-4-13-6-9(3,10)7-11-8(14-5-2)15-12-7/h4-6,10H2,1-3H3. The Hall–Kier alpha value is -1.14. The summed E-state index contributed by atoms with van der Waals surface area (Å²) in [5.74, 6) is 0.388. The molecule has 1 aromatic rings. The third-order valence-corrected chi connectivity index (χ3v) is 1.79. The summed E-state index contributed by atoms with van der Waals surface area (Å²) < 4.78 is 15.1. The van der Waals surface area contributed by atoms with Crippen LogP contribution in [0.1, 0.15) is 26.6 Å². The molecule has 0 aliphatic carbocycles. The van der Waals surface area contributed by atoms with Crippen molar-refractivity contribution in [2.45, 2.75) is 26.3 Å². The molecule has 0 saturated carbocycles. The van der Waals surface area contributed by atoms with Gasteiger partial charge in [0.05, 0.1) is 13.2 Å². The number of nitrogens with zero attached hydrogens (tertiary/aromatic N) is 2. The van der Waals surface area contributed by atoms with E-state index in [0.717, 1.165) is 0 Å². The van der Waals surface area contributed by atoms with Gasteiger partial charge >= 0.3 is 6.08 Å². The van der Waals surface area contributed by atoms with E-state index in [1.165, 1.54) is 0 Å². The van der Waals surface area contributed by atoms with Crippen molar-refractivity contribution < 1.29 is 14.0 Å². The smallest absolute Gasteiger partial charge is 0.417 e. The fraction of sp³-hybridized carbons (Fsp3) is 0.778. The van der Waals surface area contributed by atoms with Gasteiger partial charge in [-0.1, -0.05) is 5.16 Å². The summed E-state index contributed by atoms with van der Waals surface area (Å²) in [6, 6.07) is 0. The molecular formula is C9H17N3O3. The molecule has 0 aromatic carbocycles. The fourth-order valence-corrected chi connectivity index (χ4v) is 1.00. The van der Waals surface area contributed by atoms with Crippen molar-refractivity contribution in [1.29, 1.82) is 0 Å². The molecule has 0 aliphatic heterocycles. The lowest BCUT2D eigenvalue weighted by molar-refractivity contribution is 0.0962. The van der Waals surface area contributed by atoms with Gasteiger partial charge in [0.2, 0.25) is 0 Å². The lowest BCUT2D eigenvalue weighted by Crippen LogP contribution is -2.39. The summed E-state index contributed by atoms with van der Waals surface area (Å²) in [5.41, 5.74) is 5.21. The second-order valence-electron chi connectivity index (χ2n) is 3.37. The molecule has 1 atom stereocenters. The Morgan fingerprint density at radius 1 is 1.40 bits per heavy atom. The summed E-state index contributed by atoms with van der Waals surface area (Å²) in [4.78, 5) is 4.02. The molecule has 2 N–H and O–H groups in total. The predicted molar refractivity (Wildman–Crippen MR) is 53.5 cm³/mol. The zero-order valence-corrected chi connectivity index (χ0v) is 9.32. The summed E-state index contributed by atoms with van der Waals surface area (Å²) >= 11 is 0. The van der Waals surface area contributed by atoms with Crippen molar-refractivity contribution in [3.05, 3.63) is 5.82 Å². The van der Waals surface area contributed by atoms with Crippen LogP contribution in [0.5, 0.6) is 6.08 Å². The van der Waals surface area contributed by atoms with Crippen molar-refractivity contribution in [1.82, 2.24) is 10.1 Å². The Balaban J connectivity index is 2.67. The number of hydrogen-bond donors (Lipinski definition) is 1. The number of hydrogen-bond acceptors (Lipinski definition) is 6. The Labute approximate surface area is 88.7 Å². The Bertz CT molecular complexity index is 299. The van der Waals surface area contributed by atoms with Crippen LogP contribution >= 0.6 is 0 Å². The zero-order chi connectivity index (χ0) is 11.3. The molecule has 0 aliphatic rings. The van der Waals surface area contributed by atoms with Gasteiger partial charge in [-0.25, -0.2) is 0 Å². The monoisotopic (exact) mass is 215 g/mol. The molecule has 1 rings (SSSR count). The van der Waals surface area contributed by atoms with Gasteiger partial charge in [0, 0.05) is 6.61 Å². The molecule has 6 nitrogen and oxygen atoms in total. The van der Waals surface area contributed by atoms with Crippen LogP contribution in [0.2, 0.25) is 0 Å². The van der Waals surface area contributed by atoms with Crippen LogP contribution in [-0.4, -0.2) is 30.0 Å². The van der Waals surface area contributed by atoms with Gasteiger partial charge < -0.3 is 15.2 Å². The summed E-state index contributed by atoms with van der Waals surface area (Å²) in [6.45, 7) is 6.94. The molecule has 0 radical (unpaired) electrons. The maximum atomic E-state index is 5.97. The molecule has 0 bridgehead atoms. The van der Waals surface area contributed by atoms with E-state index in [9.17, 15) is 0 Å². The SMILES string of the molecule is CCOCC(C)(N)c1noc(OCC)n1. The van der Waals surface area contributed by atoms with E-state index in [2.05, 4.69) is 10.1 Å². The topological polar surface area (TPSA) is 83.4 Å². The van der Waals surface area contributed by atoms with E-state index in [1.807, 2.05) is 13.8 Å². The Morgan fingerprint density at radius 3 is 2.73 bits per heavy atom. The summed E-state index contributed by atoms with van der Waals surface area (Å²) in [5, 5.41) is 3.74. The normalized spacial score (nSPS) is 14.9. The third-order valence-electron chi connectivity index (χ3n) is 1.79. The van der Waals surface area contributed by atoms with E-state index < -0.39 is 5.54 Å². The van der Waals surface area contributed by atoms with Crippen molar-refractivity contribution in [2.75, 3.05) is 19.8 Å². The van der Waals surface area contributed by atoms with Gasteiger partial charge in [-0.3, -0.25) is 4.52 Å². The van der Waals surface area contributed by atoms with Gasteiger partial charge in [-0.2, -0.15) is 4.98 Å². The molecule has 6 heteroatoms. The lowest BCUT2D eigenvalue weighted by Gasteiger charge is -2.19. The quantitative estimate of drug-likeness (QED) is 0.751. The van der Waals surface area contributed by atoms with Crippen LogP contribution in [0.3, 0.4) is 0 Å². The molecule has 0 fully saturated rings. The summed E-state index contributed by atoms with van der Waals surface area (Å²) in [7, 11) is 0. The molecule has 1 unspecified atom stereocenters. The second kappa shape index (κ2) is 5.09. The van der Waals surface area contributed by atoms with Crippen molar-refractivity contribution in [3.63, 3.8) is 0 Å². The van der Waals surface area contributed by atoms with Gasteiger partial charge in [-0.05, 0) is 20.8 Å². The molecule has 0 amide bonds. The first-order chi connectivity index (χ1) is 7.10. The van der Waals surface area contributed by atoms with Gasteiger partial charge in [0.1, 0.15) is 5.54 Å². The highest BCUT2D eigenvalue weighted by Gasteiger charge is 2.28. The van der Waals surface area contributed by atoms with Crippen LogP contribution < -0.4 is 10.5 Å². The maximum Gasteiger partial charge on any atom is 0.417 e. The minimum Gasteiger partial charge on any atom is -0.449 e.